The zero-order chi connectivity index (χ0) is 14.0. The van der Waals surface area contributed by atoms with E-state index in [1.54, 1.807) is 12.1 Å². The van der Waals surface area contributed by atoms with Crippen molar-refractivity contribution in [2.24, 2.45) is 5.10 Å². The summed E-state index contributed by atoms with van der Waals surface area (Å²) in [6.45, 7) is 0. The molecule has 0 fully saturated rings. The molecule has 0 bridgehead atoms. The zero-order valence-corrected chi connectivity index (χ0v) is 13.2. The zero-order valence-electron chi connectivity index (χ0n) is 9.17. The first kappa shape index (κ1) is 14.1. The number of phenols is 1. The number of halogens is 2. The smallest absolute Gasteiger partial charge is 0.293 e. The number of aromatic nitrogens is 3. The third-order valence-electron chi connectivity index (χ3n) is 2.10. The fourth-order valence-electron chi connectivity index (χ4n) is 1.24. The van der Waals surface area contributed by atoms with Gasteiger partial charge in [-0.3, -0.25) is 9.89 Å². The van der Waals surface area contributed by atoms with Crippen LogP contribution in [-0.4, -0.2) is 26.2 Å². The molecule has 1 heterocycles. The molecule has 98 valence electrons. The number of rotatable bonds is 2. The van der Waals surface area contributed by atoms with Crippen LogP contribution in [-0.2, 0) is 0 Å². The van der Waals surface area contributed by atoms with E-state index < -0.39 is 5.56 Å². The van der Waals surface area contributed by atoms with Gasteiger partial charge in [-0.25, -0.2) is 0 Å². The minimum Gasteiger partial charge on any atom is -0.506 e. The number of nitrogens with zero attached hydrogens (tertiary/aromatic N) is 3. The van der Waals surface area contributed by atoms with E-state index in [4.69, 9.17) is 12.2 Å². The molecule has 0 radical (unpaired) electrons. The van der Waals surface area contributed by atoms with E-state index >= 15 is 0 Å². The van der Waals surface area contributed by atoms with Crippen molar-refractivity contribution < 1.29 is 5.11 Å². The number of nitrogens with one attached hydrogen (secondary N) is 1. The second kappa shape index (κ2) is 5.76. The molecule has 2 aromatic rings. The second-order valence-electron chi connectivity index (χ2n) is 3.40. The Kier molecular flexibility index (Phi) is 4.27. The van der Waals surface area contributed by atoms with Gasteiger partial charge in [-0.15, -0.1) is 0 Å². The average molecular weight is 406 g/mol. The summed E-state index contributed by atoms with van der Waals surface area (Å²) in [6.07, 6.45) is 2.52. The molecule has 2 N–H and O–H groups in total. The van der Waals surface area contributed by atoms with E-state index in [0.717, 1.165) is 10.9 Å². The molecule has 1 aromatic heterocycles. The van der Waals surface area contributed by atoms with Gasteiger partial charge in [-0.1, -0.05) is 0 Å². The molecule has 0 aliphatic heterocycles. The number of hydrogen-bond acceptors (Lipinski definition) is 5. The average Bonchev–Trinajstić information content (AvgIpc) is 2.35. The first-order valence-electron chi connectivity index (χ1n) is 4.88. The summed E-state index contributed by atoms with van der Waals surface area (Å²) in [5.74, 6) is 0.0931. The van der Waals surface area contributed by atoms with Crippen LogP contribution in [0.5, 0.6) is 5.75 Å². The molecule has 19 heavy (non-hydrogen) atoms. The second-order valence-corrected chi connectivity index (χ2v) is 5.50. The van der Waals surface area contributed by atoms with Crippen LogP contribution in [0.1, 0.15) is 5.56 Å². The van der Waals surface area contributed by atoms with Gasteiger partial charge in [0.05, 0.1) is 15.2 Å². The maximum absolute atomic E-state index is 11.5. The highest BCUT2D eigenvalue weighted by Crippen LogP contribution is 2.32. The van der Waals surface area contributed by atoms with E-state index in [9.17, 15) is 9.90 Å². The Bertz CT molecular complexity index is 717. The summed E-state index contributed by atoms with van der Waals surface area (Å²) < 4.78 is 2.13. The van der Waals surface area contributed by atoms with Crippen LogP contribution in [0.4, 0.5) is 0 Å². The number of aromatic amines is 1. The Morgan fingerprint density at radius 2 is 2.05 bits per heavy atom. The third kappa shape index (κ3) is 3.17. The standard InChI is InChI=1S/C10H6Br2N4O2S/c11-6-1-5(2-7(12)9(6)18)3-14-16-8(17)4-13-15-10(16)19/h1-4,18H,(H,15,19)/b14-3+. The molecular formula is C10H6Br2N4O2S. The van der Waals surface area contributed by atoms with Crippen LogP contribution < -0.4 is 5.56 Å². The van der Waals surface area contributed by atoms with E-state index in [0.29, 0.717) is 14.5 Å². The summed E-state index contributed by atoms with van der Waals surface area (Å²) >= 11 is 11.3. The third-order valence-corrected chi connectivity index (χ3v) is 3.57. The molecule has 0 saturated carbocycles. The minimum absolute atomic E-state index is 0.0931. The van der Waals surface area contributed by atoms with Gasteiger partial charge in [-0.2, -0.15) is 14.9 Å². The monoisotopic (exact) mass is 404 g/mol. The molecule has 1 aromatic carbocycles. The Balaban J connectivity index is 2.44. The highest BCUT2D eigenvalue weighted by molar-refractivity contribution is 9.11. The molecule has 0 saturated heterocycles. The van der Waals surface area contributed by atoms with Crippen molar-refractivity contribution in [1.82, 2.24) is 14.9 Å². The maximum atomic E-state index is 11.5. The summed E-state index contributed by atoms with van der Waals surface area (Å²) in [4.78, 5) is 11.5. The van der Waals surface area contributed by atoms with Gasteiger partial charge in [0.25, 0.3) is 5.56 Å². The predicted octanol–water partition coefficient (Wildman–Crippen LogP) is 2.41. The Hall–Kier alpha value is -1.32. The van der Waals surface area contributed by atoms with Crippen molar-refractivity contribution in [2.75, 3.05) is 0 Å². The highest BCUT2D eigenvalue weighted by Gasteiger charge is 2.04. The largest absolute Gasteiger partial charge is 0.506 e. The Morgan fingerprint density at radius 3 is 2.63 bits per heavy atom. The summed E-state index contributed by atoms with van der Waals surface area (Å²) in [7, 11) is 0. The van der Waals surface area contributed by atoms with Crippen LogP contribution in [0.15, 0.2) is 37.2 Å². The molecule has 9 heteroatoms. The number of phenolic OH excluding ortho intramolecular Hbond substituents is 1. The number of H-pyrrole nitrogens is 1. The van der Waals surface area contributed by atoms with E-state index in [2.05, 4.69) is 47.2 Å². The van der Waals surface area contributed by atoms with Crippen molar-refractivity contribution in [3.05, 3.63) is 48.0 Å². The molecule has 0 spiro atoms. The summed E-state index contributed by atoms with van der Waals surface area (Å²) in [6, 6.07) is 3.31. The first-order valence-corrected chi connectivity index (χ1v) is 6.87. The van der Waals surface area contributed by atoms with Gasteiger partial charge < -0.3 is 5.11 Å². The fraction of sp³-hybridized carbons (Fsp3) is 0. The van der Waals surface area contributed by atoms with Crippen LogP contribution >= 0.6 is 44.1 Å². The number of hydrogen-bond donors (Lipinski definition) is 2. The van der Waals surface area contributed by atoms with Crippen LogP contribution in [0.25, 0.3) is 0 Å². The molecule has 2 rings (SSSR count). The van der Waals surface area contributed by atoms with Gasteiger partial charge in [-0.05, 0) is 61.8 Å². The minimum atomic E-state index is -0.433. The van der Waals surface area contributed by atoms with Crippen molar-refractivity contribution in [2.45, 2.75) is 0 Å². The molecule has 6 nitrogen and oxygen atoms in total. The lowest BCUT2D eigenvalue weighted by Gasteiger charge is -2.02. The van der Waals surface area contributed by atoms with Crippen LogP contribution in [0.3, 0.4) is 0 Å². The molecule has 0 atom stereocenters. The van der Waals surface area contributed by atoms with Crippen molar-refractivity contribution in [3.8, 4) is 5.75 Å². The van der Waals surface area contributed by atoms with Gasteiger partial charge in [0, 0.05) is 0 Å². The molecule has 0 amide bonds. The highest BCUT2D eigenvalue weighted by atomic mass is 79.9. The number of benzene rings is 1. The van der Waals surface area contributed by atoms with Gasteiger partial charge in [0.15, 0.2) is 0 Å². The molecular weight excluding hydrogens is 400 g/mol. The van der Waals surface area contributed by atoms with Gasteiger partial charge >= 0.3 is 0 Å². The van der Waals surface area contributed by atoms with Crippen molar-refractivity contribution >= 4 is 50.3 Å². The normalized spacial score (nSPS) is 11.1. The van der Waals surface area contributed by atoms with Gasteiger partial charge in [0.1, 0.15) is 11.9 Å². The van der Waals surface area contributed by atoms with E-state index in [-0.39, 0.29) is 10.5 Å². The molecule has 0 aliphatic carbocycles. The Labute approximate surface area is 129 Å². The predicted molar refractivity (Wildman–Crippen MR) is 80.2 cm³/mol. The van der Waals surface area contributed by atoms with Crippen molar-refractivity contribution in [3.63, 3.8) is 0 Å². The lowest BCUT2D eigenvalue weighted by Crippen LogP contribution is -2.18. The van der Waals surface area contributed by atoms with Crippen LogP contribution in [0.2, 0.25) is 0 Å². The lowest BCUT2D eigenvalue weighted by molar-refractivity contribution is 0.468. The fourth-order valence-corrected chi connectivity index (χ4v) is 2.65. The quantitative estimate of drug-likeness (QED) is 0.593. The summed E-state index contributed by atoms with van der Waals surface area (Å²) in [5, 5.41) is 19.6. The molecule has 0 unspecified atom stereocenters. The maximum Gasteiger partial charge on any atom is 0.293 e. The lowest BCUT2D eigenvalue weighted by atomic mass is 10.2. The number of aromatic hydroxyl groups is 1. The van der Waals surface area contributed by atoms with E-state index in [1.165, 1.54) is 6.21 Å². The van der Waals surface area contributed by atoms with Crippen LogP contribution in [0, 0.1) is 4.77 Å². The van der Waals surface area contributed by atoms with E-state index in [1.807, 2.05) is 0 Å². The topological polar surface area (TPSA) is 83.3 Å². The SMILES string of the molecule is O=c1cn[nH]c(=S)n1/N=C/c1cc(Br)c(O)c(Br)c1. The first-order chi connectivity index (χ1) is 8.99. The summed E-state index contributed by atoms with van der Waals surface area (Å²) in [5.41, 5.74) is 0.242. The van der Waals surface area contributed by atoms with Gasteiger partial charge in [0.2, 0.25) is 4.77 Å². The Morgan fingerprint density at radius 1 is 1.42 bits per heavy atom. The molecule has 0 aliphatic rings. The van der Waals surface area contributed by atoms with Crippen molar-refractivity contribution in [1.29, 1.82) is 0 Å².